The summed E-state index contributed by atoms with van der Waals surface area (Å²) in [5, 5.41) is 14.1. The first-order valence-electron chi connectivity index (χ1n) is 5.91. The van der Waals surface area contributed by atoms with Crippen molar-refractivity contribution in [3.63, 3.8) is 0 Å². The van der Waals surface area contributed by atoms with Crippen LogP contribution in [-0.2, 0) is 16.6 Å². The zero-order valence-corrected chi connectivity index (χ0v) is 12.6. The third-order valence-electron chi connectivity index (χ3n) is 2.64. The first kappa shape index (κ1) is 15.4. The van der Waals surface area contributed by atoms with Gasteiger partial charge >= 0.3 is 0 Å². The standard InChI is InChI=1S/C13H12ClN3O3S/c1-21(20)8-9-6-10(2-4-12(9)14)16-13-5-3-11(7-15-13)17(18)19/h2-7H,8H2,1H3,(H,15,16)/t21-/m0/s1. The second kappa shape index (κ2) is 6.64. The van der Waals surface area contributed by atoms with Crippen LogP contribution < -0.4 is 5.32 Å². The molecule has 1 heterocycles. The Morgan fingerprint density at radius 2 is 2.14 bits per heavy atom. The first-order valence-corrected chi connectivity index (χ1v) is 8.02. The number of nitrogens with one attached hydrogen (secondary N) is 1. The minimum atomic E-state index is -0.993. The van der Waals surface area contributed by atoms with Crippen molar-refractivity contribution >= 4 is 39.6 Å². The number of hydrogen-bond acceptors (Lipinski definition) is 5. The van der Waals surface area contributed by atoms with Crippen molar-refractivity contribution in [3.05, 3.63) is 57.2 Å². The zero-order valence-electron chi connectivity index (χ0n) is 11.1. The Morgan fingerprint density at radius 1 is 1.38 bits per heavy atom. The van der Waals surface area contributed by atoms with Gasteiger partial charge in [-0.3, -0.25) is 14.3 Å². The van der Waals surface area contributed by atoms with Gasteiger partial charge in [0.2, 0.25) is 0 Å². The molecule has 0 fully saturated rings. The van der Waals surface area contributed by atoms with E-state index in [-0.39, 0.29) is 5.69 Å². The van der Waals surface area contributed by atoms with E-state index in [1.165, 1.54) is 18.3 Å². The molecule has 110 valence electrons. The fourth-order valence-corrected chi connectivity index (χ4v) is 2.64. The van der Waals surface area contributed by atoms with Crippen molar-refractivity contribution in [1.29, 1.82) is 0 Å². The van der Waals surface area contributed by atoms with Gasteiger partial charge < -0.3 is 5.32 Å². The van der Waals surface area contributed by atoms with E-state index in [2.05, 4.69) is 10.3 Å². The predicted octanol–water partition coefficient (Wildman–Crippen LogP) is 3.27. The number of hydrogen-bond donors (Lipinski definition) is 1. The summed E-state index contributed by atoms with van der Waals surface area (Å²) in [7, 11) is -0.993. The van der Waals surface area contributed by atoms with Crippen molar-refractivity contribution in [3.8, 4) is 0 Å². The van der Waals surface area contributed by atoms with E-state index < -0.39 is 15.7 Å². The highest BCUT2D eigenvalue weighted by Gasteiger charge is 2.07. The van der Waals surface area contributed by atoms with Gasteiger partial charge in [0.1, 0.15) is 12.0 Å². The average molecular weight is 326 g/mol. The van der Waals surface area contributed by atoms with E-state index >= 15 is 0 Å². The lowest BCUT2D eigenvalue weighted by Crippen LogP contribution is -1.98. The summed E-state index contributed by atoms with van der Waals surface area (Å²) >= 11 is 6.05. The lowest BCUT2D eigenvalue weighted by molar-refractivity contribution is -0.385. The molecule has 1 N–H and O–H groups in total. The molecule has 8 heteroatoms. The molecule has 0 amide bonds. The summed E-state index contributed by atoms with van der Waals surface area (Å²) in [5.74, 6) is 0.841. The molecule has 0 spiro atoms. The number of nitro groups is 1. The fraction of sp³-hybridized carbons (Fsp3) is 0.154. The molecule has 0 aliphatic carbocycles. The number of halogens is 1. The van der Waals surface area contributed by atoms with Crippen molar-refractivity contribution in [2.45, 2.75) is 5.75 Å². The molecule has 1 atom stereocenters. The summed E-state index contributed by atoms with van der Waals surface area (Å²) in [6.45, 7) is 0. The van der Waals surface area contributed by atoms with Crippen molar-refractivity contribution < 1.29 is 9.13 Å². The monoisotopic (exact) mass is 325 g/mol. The molecule has 1 aromatic heterocycles. The molecule has 2 rings (SSSR count). The van der Waals surface area contributed by atoms with Gasteiger partial charge in [0.25, 0.3) is 5.69 Å². The molecule has 1 aromatic carbocycles. The summed E-state index contributed by atoms with van der Waals surface area (Å²) in [5.41, 5.74) is 1.42. The van der Waals surface area contributed by atoms with Gasteiger partial charge in [-0.15, -0.1) is 0 Å². The molecule has 2 aromatic rings. The van der Waals surface area contributed by atoms with Crippen molar-refractivity contribution in [2.75, 3.05) is 11.6 Å². The largest absolute Gasteiger partial charge is 0.340 e. The maximum atomic E-state index is 11.3. The smallest absolute Gasteiger partial charge is 0.287 e. The Hall–Kier alpha value is -1.99. The van der Waals surface area contributed by atoms with Gasteiger partial charge in [0.15, 0.2) is 0 Å². The Bertz CT molecular complexity index is 692. The lowest BCUT2D eigenvalue weighted by atomic mass is 10.2. The highest BCUT2D eigenvalue weighted by Crippen LogP contribution is 2.24. The normalized spacial score (nSPS) is 11.9. The maximum absolute atomic E-state index is 11.3. The zero-order chi connectivity index (χ0) is 15.4. The van der Waals surface area contributed by atoms with Crippen LogP contribution in [0.4, 0.5) is 17.2 Å². The minimum Gasteiger partial charge on any atom is -0.340 e. The second-order valence-electron chi connectivity index (χ2n) is 4.31. The number of rotatable bonds is 5. The first-order chi connectivity index (χ1) is 9.95. The molecular formula is C13H12ClN3O3S. The topological polar surface area (TPSA) is 85.1 Å². The molecule has 0 saturated carbocycles. The van der Waals surface area contributed by atoms with E-state index in [0.29, 0.717) is 16.6 Å². The molecule has 0 aliphatic heterocycles. The van der Waals surface area contributed by atoms with Crippen molar-refractivity contribution in [1.82, 2.24) is 4.98 Å². The maximum Gasteiger partial charge on any atom is 0.287 e. The van der Waals surface area contributed by atoms with Crippen LogP contribution in [0.3, 0.4) is 0 Å². The molecular weight excluding hydrogens is 314 g/mol. The second-order valence-corrected chi connectivity index (χ2v) is 6.15. The van der Waals surface area contributed by atoms with Gasteiger partial charge in [-0.1, -0.05) is 11.6 Å². The number of anilines is 2. The van der Waals surface area contributed by atoms with Crippen LogP contribution >= 0.6 is 11.6 Å². The number of aromatic nitrogens is 1. The van der Waals surface area contributed by atoms with Gasteiger partial charge in [-0.25, -0.2) is 4.98 Å². The average Bonchev–Trinajstić information content (AvgIpc) is 2.42. The van der Waals surface area contributed by atoms with E-state index in [4.69, 9.17) is 11.6 Å². The number of benzene rings is 1. The Morgan fingerprint density at radius 3 is 2.71 bits per heavy atom. The van der Waals surface area contributed by atoms with Crippen LogP contribution in [0.1, 0.15) is 5.56 Å². The van der Waals surface area contributed by atoms with Gasteiger partial charge in [-0.2, -0.15) is 0 Å². The van der Waals surface area contributed by atoms with Gasteiger partial charge in [0.05, 0.1) is 4.92 Å². The van der Waals surface area contributed by atoms with E-state index in [1.807, 2.05) is 0 Å². The molecule has 0 aliphatic rings. The summed E-state index contributed by atoms with van der Waals surface area (Å²) in [6.07, 6.45) is 2.79. The van der Waals surface area contributed by atoms with E-state index in [9.17, 15) is 14.3 Å². The summed E-state index contributed by atoms with van der Waals surface area (Å²) in [6, 6.07) is 8.13. The van der Waals surface area contributed by atoms with Crippen LogP contribution in [0.25, 0.3) is 0 Å². The molecule has 0 bridgehead atoms. The van der Waals surface area contributed by atoms with Crippen LogP contribution in [-0.4, -0.2) is 20.4 Å². The SMILES string of the molecule is C[S@](=O)Cc1cc(Nc2ccc([N+](=O)[O-])cn2)ccc1Cl. The van der Waals surface area contributed by atoms with Crippen LogP contribution in [0.5, 0.6) is 0 Å². The van der Waals surface area contributed by atoms with Gasteiger partial charge in [-0.05, 0) is 29.8 Å². The molecule has 6 nitrogen and oxygen atoms in total. The molecule has 21 heavy (non-hydrogen) atoms. The Labute approximate surface area is 128 Å². The van der Waals surface area contributed by atoms with E-state index in [1.54, 1.807) is 24.5 Å². The third kappa shape index (κ3) is 4.24. The quantitative estimate of drug-likeness (QED) is 0.673. The van der Waals surface area contributed by atoms with Crippen LogP contribution in [0.15, 0.2) is 36.5 Å². The highest BCUT2D eigenvalue weighted by molar-refractivity contribution is 7.83. The van der Waals surface area contributed by atoms with Gasteiger partial charge in [0, 0.05) is 39.6 Å². The number of nitrogens with zero attached hydrogens (tertiary/aromatic N) is 2. The summed E-state index contributed by atoms with van der Waals surface area (Å²) in [4.78, 5) is 14.0. The number of pyridine rings is 1. The molecule has 0 unspecified atom stereocenters. The Kier molecular flexibility index (Phi) is 4.87. The minimum absolute atomic E-state index is 0.0706. The Balaban J connectivity index is 2.19. The fourth-order valence-electron chi connectivity index (χ4n) is 1.70. The van der Waals surface area contributed by atoms with Crippen molar-refractivity contribution in [2.24, 2.45) is 0 Å². The molecule has 0 radical (unpaired) electrons. The highest BCUT2D eigenvalue weighted by atomic mass is 35.5. The molecule has 0 saturated heterocycles. The van der Waals surface area contributed by atoms with Crippen LogP contribution in [0, 0.1) is 10.1 Å². The lowest BCUT2D eigenvalue weighted by Gasteiger charge is -2.08. The summed E-state index contributed by atoms with van der Waals surface area (Å²) < 4.78 is 11.3. The van der Waals surface area contributed by atoms with Crippen LogP contribution in [0.2, 0.25) is 5.02 Å². The van der Waals surface area contributed by atoms with E-state index in [0.717, 1.165) is 11.3 Å². The third-order valence-corrected chi connectivity index (χ3v) is 3.72. The predicted molar refractivity (Wildman–Crippen MR) is 83.4 cm³/mol.